The molecule has 0 aromatic heterocycles. The number of benzene rings is 1. The Bertz CT molecular complexity index is 685. The van der Waals surface area contributed by atoms with Gasteiger partial charge in [0.2, 0.25) is 5.75 Å². The molecule has 0 radical (unpaired) electrons. The molecule has 1 fully saturated rings. The standard InChI is InChI=1S/C15H14O6S2/c1-20-9-3-7(4-10(21-2)14(9)19)5-11-13(18)8(6-12(16)17)15(22)23-11/h3-5,8,19H,6H2,1-2H3,(H,16,17)/b11-5-. The van der Waals surface area contributed by atoms with Gasteiger partial charge in [0.05, 0.1) is 35.7 Å². The van der Waals surface area contributed by atoms with Gasteiger partial charge in [-0.05, 0) is 23.8 Å². The second kappa shape index (κ2) is 7.01. The van der Waals surface area contributed by atoms with Crippen LogP contribution >= 0.6 is 24.0 Å². The van der Waals surface area contributed by atoms with E-state index < -0.39 is 11.9 Å². The molecule has 1 aliphatic heterocycles. The molecule has 1 saturated heterocycles. The van der Waals surface area contributed by atoms with Crippen LogP contribution < -0.4 is 9.47 Å². The molecule has 122 valence electrons. The normalized spacial score (nSPS) is 19.2. The number of methoxy groups -OCH3 is 2. The number of ketones is 1. The van der Waals surface area contributed by atoms with E-state index >= 15 is 0 Å². The number of hydrogen-bond donors (Lipinski definition) is 2. The van der Waals surface area contributed by atoms with E-state index in [0.29, 0.717) is 14.7 Å². The molecule has 23 heavy (non-hydrogen) atoms. The van der Waals surface area contributed by atoms with Gasteiger partial charge in [0, 0.05) is 0 Å². The van der Waals surface area contributed by atoms with E-state index in [1.165, 1.54) is 14.2 Å². The third-order valence-corrected chi connectivity index (χ3v) is 4.79. The number of aromatic hydroxyl groups is 1. The van der Waals surface area contributed by atoms with Crippen LogP contribution in [0.2, 0.25) is 0 Å². The van der Waals surface area contributed by atoms with Crippen molar-refractivity contribution in [1.82, 2.24) is 0 Å². The van der Waals surface area contributed by atoms with Gasteiger partial charge in [0.1, 0.15) is 0 Å². The molecule has 0 amide bonds. The van der Waals surface area contributed by atoms with Crippen molar-refractivity contribution in [3.05, 3.63) is 22.6 Å². The summed E-state index contributed by atoms with van der Waals surface area (Å²) in [6.45, 7) is 0. The third kappa shape index (κ3) is 3.65. The fraction of sp³-hybridized carbons (Fsp3) is 0.267. The number of hydrogen-bond acceptors (Lipinski definition) is 7. The first-order valence-electron chi connectivity index (χ1n) is 6.51. The van der Waals surface area contributed by atoms with Gasteiger partial charge in [-0.3, -0.25) is 9.59 Å². The average molecular weight is 354 g/mol. The Morgan fingerprint density at radius 2 is 1.91 bits per heavy atom. The number of carboxylic acids is 1. The molecule has 1 aliphatic rings. The van der Waals surface area contributed by atoms with Gasteiger partial charge in [-0.2, -0.15) is 0 Å². The Kier molecular flexibility index (Phi) is 5.27. The molecule has 2 rings (SSSR count). The lowest BCUT2D eigenvalue weighted by Gasteiger charge is -2.09. The number of phenolic OH excluding ortho intramolecular Hbond substituents is 1. The Hall–Kier alpha value is -2.06. The highest BCUT2D eigenvalue weighted by molar-refractivity contribution is 8.27. The molecule has 1 aromatic rings. The van der Waals surface area contributed by atoms with Crippen LogP contribution in [0.3, 0.4) is 0 Å². The molecule has 2 N–H and O–H groups in total. The largest absolute Gasteiger partial charge is 0.502 e. The predicted molar refractivity (Wildman–Crippen MR) is 90.1 cm³/mol. The SMILES string of the molecule is COc1cc(/C=C2\SC(=S)C(CC(=O)O)C2=O)cc(OC)c1O. The fourth-order valence-electron chi connectivity index (χ4n) is 2.11. The molecular weight excluding hydrogens is 340 g/mol. The highest BCUT2D eigenvalue weighted by Gasteiger charge is 2.36. The summed E-state index contributed by atoms with van der Waals surface area (Å²) in [6.07, 6.45) is 1.26. The minimum Gasteiger partial charge on any atom is -0.502 e. The first-order chi connectivity index (χ1) is 10.9. The zero-order valence-corrected chi connectivity index (χ0v) is 14.0. The van der Waals surface area contributed by atoms with Crippen LogP contribution in [0.15, 0.2) is 17.0 Å². The zero-order valence-electron chi connectivity index (χ0n) is 12.4. The molecule has 1 unspecified atom stereocenters. The molecule has 0 saturated carbocycles. The number of rotatable bonds is 5. The van der Waals surface area contributed by atoms with E-state index in [9.17, 15) is 14.7 Å². The maximum absolute atomic E-state index is 12.3. The van der Waals surface area contributed by atoms with Crippen molar-refractivity contribution >= 4 is 46.0 Å². The van der Waals surface area contributed by atoms with Crippen LogP contribution in [-0.4, -0.2) is 40.4 Å². The number of allylic oxidation sites excluding steroid dienone is 1. The number of ether oxygens (including phenoxy) is 2. The number of aliphatic carboxylic acids is 1. The molecule has 0 aliphatic carbocycles. The molecule has 1 heterocycles. The van der Waals surface area contributed by atoms with Gasteiger partial charge >= 0.3 is 5.97 Å². The summed E-state index contributed by atoms with van der Waals surface area (Å²) in [5, 5.41) is 18.7. The van der Waals surface area contributed by atoms with E-state index in [-0.39, 0.29) is 29.5 Å². The smallest absolute Gasteiger partial charge is 0.304 e. The van der Waals surface area contributed by atoms with E-state index in [0.717, 1.165) is 11.8 Å². The number of phenols is 1. The third-order valence-electron chi connectivity index (χ3n) is 3.23. The highest BCUT2D eigenvalue weighted by Crippen LogP contribution is 2.41. The number of carbonyl (C=O) groups is 2. The molecule has 1 atom stereocenters. The van der Waals surface area contributed by atoms with Crippen molar-refractivity contribution in [2.45, 2.75) is 6.42 Å². The lowest BCUT2D eigenvalue weighted by atomic mass is 10.0. The first-order valence-corrected chi connectivity index (χ1v) is 7.74. The fourth-order valence-corrected chi connectivity index (χ4v) is 3.56. The van der Waals surface area contributed by atoms with E-state index in [4.69, 9.17) is 26.8 Å². The number of Topliss-reactive ketones (excluding diaryl/α,β-unsaturated/α-hetero) is 1. The van der Waals surface area contributed by atoms with Gasteiger partial charge in [-0.1, -0.05) is 24.0 Å². The zero-order chi connectivity index (χ0) is 17.1. The number of thioether (sulfide) groups is 1. The Labute approximate surface area is 142 Å². The quantitative estimate of drug-likeness (QED) is 0.615. The summed E-state index contributed by atoms with van der Waals surface area (Å²) in [5.41, 5.74) is 0.575. The van der Waals surface area contributed by atoms with E-state index in [1.54, 1.807) is 18.2 Å². The molecule has 0 bridgehead atoms. The monoisotopic (exact) mass is 354 g/mol. The van der Waals surface area contributed by atoms with Crippen LogP contribution in [-0.2, 0) is 9.59 Å². The van der Waals surface area contributed by atoms with Crippen LogP contribution in [0.4, 0.5) is 0 Å². The molecule has 6 nitrogen and oxygen atoms in total. The van der Waals surface area contributed by atoms with Crippen molar-refractivity contribution in [1.29, 1.82) is 0 Å². The van der Waals surface area contributed by atoms with Crippen molar-refractivity contribution in [2.75, 3.05) is 14.2 Å². The Balaban J connectivity index is 2.37. The van der Waals surface area contributed by atoms with Crippen molar-refractivity contribution < 1.29 is 29.3 Å². The summed E-state index contributed by atoms with van der Waals surface area (Å²) in [6, 6.07) is 3.10. The van der Waals surface area contributed by atoms with Gasteiger partial charge in [-0.25, -0.2) is 0 Å². The number of carbonyl (C=O) groups excluding carboxylic acids is 1. The van der Waals surface area contributed by atoms with Crippen LogP contribution in [0, 0.1) is 5.92 Å². The summed E-state index contributed by atoms with van der Waals surface area (Å²) < 4.78 is 10.5. The van der Waals surface area contributed by atoms with E-state index in [1.807, 2.05) is 0 Å². The van der Waals surface area contributed by atoms with Crippen molar-refractivity contribution in [3.63, 3.8) is 0 Å². The van der Waals surface area contributed by atoms with Gasteiger partial charge < -0.3 is 19.7 Å². The number of carboxylic acid groups (broad SMARTS) is 1. The summed E-state index contributed by atoms with van der Waals surface area (Å²) in [5.74, 6) is -1.90. The lowest BCUT2D eigenvalue weighted by Crippen LogP contribution is -2.17. The lowest BCUT2D eigenvalue weighted by molar-refractivity contribution is -0.139. The second-order valence-electron chi connectivity index (χ2n) is 4.72. The Morgan fingerprint density at radius 3 is 2.39 bits per heavy atom. The maximum Gasteiger partial charge on any atom is 0.304 e. The predicted octanol–water partition coefficient (Wildman–Crippen LogP) is 2.48. The van der Waals surface area contributed by atoms with Crippen molar-refractivity contribution in [2.24, 2.45) is 5.92 Å². The minimum absolute atomic E-state index is 0.137. The van der Waals surface area contributed by atoms with Crippen LogP contribution in [0.25, 0.3) is 6.08 Å². The topological polar surface area (TPSA) is 93.1 Å². The highest BCUT2D eigenvalue weighted by atomic mass is 32.2. The molecule has 0 spiro atoms. The van der Waals surface area contributed by atoms with Gasteiger partial charge in [-0.15, -0.1) is 0 Å². The molecule has 8 heteroatoms. The van der Waals surface area contributed by atoms with E-state index in [2.05, 4.69) is 0 Å². The second-order valence-corrected chi connectivity index (χ2v) is 6.50. The molecule has 1 aromatic carbocycles. The summed E-state index contributed by atoms with van der Waals surface area (Å²) in [7, 11) is 2.80. The molecular formula is C15H14O6S2. The summed E-state index contributed by atoms with van der Waals surface area (Å²) >= 11 is 6.18. The van der Waals surface area contributed by atoms with Gasteiger partial charge in [0.15, 0.2) is 17.3 Å². The number of thiocarbonyl (C=S) groups is 1. The van der Waals surface area contributed by atoms with Crippen molar-refractivity contribution in [3.8, 4) is 17.2 Å². The van der Waals surface area contributed by atoms with Gasteiger partial charge in [0.25, 0.3) is 0 Å². The van der Waals surface area contributed by atoms with Crippen LogP contribution in [0.5, 0.6) is 17.2 Å². The summed E-state index contributed by atoms with van der Waals surface area (Å²) in [4.78, 5) is 23.5. The maximum atomic E-state index is 12.3. The minimum atomic E-state index is -1.07. The Morgan fingerprint density at radius 1 is 1.35 bits per heavy atom. The average Bonchev–Trinajstić information content (AvgIpc) is 2.76. The first kappa shape index (κ1) is 17.3. The van der Waals surface area contributed by atoms with Crippen LogP contribution in [0.1, 0.15) is 12.0 Å².